The van der Waals surface area contributed by atoms with Crippen LogP contribution >= 0.6 is 0 Å². The van der Waals surface area contributed by atoms with E-state index in [2.05, 4.69) is 31.7 Å². The Morgan fingerprint density at radius 3 is 3.00 bits per heavy atom. The summed E-state index contributed by atoms with van der Waals surface area (Å²) in [6.07, 6.45) is 17.4. The van der Waals surface area contributed by atoms with Crippen molar-refractivity contribution in [1.82, 2.24) is 0 Å². The Morgan fingerprint density at radius 2 is 2.11 bits per heavy atom. The molecule has 2 fully saturated rings. The Labute approximate surface area is 117 Å². The summed E-state index contributed by atoms with van der Waals surface area (Å²) in [6, 6.07) is 0. The Bertz CT molecular complexity index is 466. The third kappa shape index (κ3) is 1.72. The van der Waals surface area contributed by atoms with Gasteiger partial charge in [-0.1, -0.05) is 43.7 Å². The second-order valence-electron chi connectivity index (χ2n) is 7.74. The first kappa shape index (κ1) is 12.0. The summed E-state index contributed by atoms with van der Waals surface area (Å²) in [5, 5.41) is 0. The van der Waals surface area contributed by atoms with Crippen LogP contribution in [0, 0.1) is 29.1 Å². The Hall–Kier alpha value is -0.780. The minimum atomic E-state index is 0.672. The van der Waals surface area contributed by atoms with Crippen LogP contribution in [0.15, 0.2) is 36.0 Å². The zero-order chi connectivity index (χ0) is 13.0. The van der Waals surface area contributed by atoms with E-state index in [1.54, 1.807) is 5.57 Å². The summed E-state index contributed by atoms with van der Waals surface area (Å²) in [4.78, 5) is 0. The predicted molar refractivity (Wildman–Crippen MR) is 80.7 cm³/mol. The molecule has 0 heterocycles. The molecule has 19 heavy (non-hydrogen) atoms. The van der Waals surface area contributed by atoms with Crippen molar-refractivity contribution in [3.05, 3.63) is 36.0 Å². The fraction of sp³-hybridized carbons (Fsp3) is 0.684. The average Bonchev–Trinajstić information content (AvgIpc) is 2.79. The van der Waals surface area contributed by atoms with Gasteiger partial charge in [0.2, 0.25) is 0 Å². The van der Waals surface area contributed by atoms with Crippen molar-refractivity contribution in [2.75, 3.05) is 0 Å². The highest BCUT2D eigenvalue weighted by Crippen LogP contribution is 2.60. The molecule has 5 atom stereocenters. The van der Waals surface area contributed by atoms with E-state index in [0.29, 0.717) is 5.41 Å². The molecule has 0 radical (unpaired) electrons. The first-order chi connectivity index (χ1) is 9.17. The molecule has 0 unspecified atom stereocenters. The standard InChI is InChI=1S/C19H26/c1-13-5-7-15-14(12-13)6-8-17-16(15)9-11-19(2)10-3-4-18(17)19/h6,8,12,15-18H,1,3-5,7,9-11H2,2H3/t15-,16+,17+,18-,19-/m0/s1. The lowest BCUT2D eigenvalue weighted by molar-refractivity contribution is 0.0403. The van der Waals surface area contributed by atoms with E-state index in [-0.39, 0.29) is 0 Å². The zero-order valence-corrected chi connectivity index (χ0v) is 12.2. The van der Waals surface area contributed by atoms with Crippen molar-refractivity contribution in [3.8, 4) is 0 Å². The number of hydrogen-bond acceptors (Lipinski definition) is 0. The van der Waals surface area contributed by atoms with Gasteiger partial charge in [0.25, 0.3) is 0 Å². The first-order valence-electron chi connectivity index (χ1n) is 8.25. The van der Waals surface area contributed by atoms with E-state index in [1.807, 2.05) is 0 Å². The highest BCUT2D eigenvalue weighted by molar-refractivity contribution is 5.37. The van der Waals surface area contributed by atoms with Gasteiger partial charge >= 0.3 is 0 Å². The molecule has 0 amide bonds. The highest BCUT2D eigenvalue weighted by Gasteiger charge is 2.50. The molecule has 0 saturated heterocycles. The summed E-state index contributed by atoms with van der Waals surface area (Å²) in [6.45, 7) is 6.74. The molecule has 0 aromatic carbocycles. The second kappa shape index (κ2) is 4.11. The maximum absolute atomic E-state index is 4.16. The number of hydrogen-bond donors (Lipinski definition) is 0. The molecule has 2 saturated carbocycles. The molecule has 0 N–H and O–H groups in total. The van der Waals surface area contributed by atoms with E-state index in [0.717, 1.165) is 23.7 Å². The third-order valence-corrected chi connectivity index (χ3v) is 6.77. The summed E-state index contributed by atoms with van der Waals surface area (Å²) in [5.41, 5.74) is 3.61. The quantitative estimate of drug-likeness (QED) is 0.551. The fourth-order valence-corrected chi connectivity index (χ4v) is 5.74. The summed E-state index contributed by atoms with van der Waals surface area (Å²) < 4.78 is 0. The van der Waals surface area contributed by atoms with Gasteiger partial charge in [0, 0.05) is 0 Å². The maximum Gasteiger partial charge on any atom is -0.0125 e. The van der Waals surface area contributed by atoms with Crippen LogP contribution in [0.4, 0.5) is 0 Å². The summed E-state index contributed by atoms with van der Waals surface area (Å²) >= 11 is 0. The molecule has 0 bridgehead atoms. The van der Waals surface area contributed by atoms with Crippen LogP contribution in [-0.4, -0.2) is 0 Å². The van der Waals surface area contributed by atoms with Gasteiger partial charge in [-0.2, -0.15) is 0 Å². The van der Waals surface area contributed by atoms with Crippen molar-refractivity contribution in [1.29, 1.82) is 0 Å². The van der Waals surface area contributed by atoms with Crippen LogP contribution in [0.25, 0.3) is 0 Å². The SMILES string of the molecule is C=C1C=C2C=C[C@@H]3[C@H](CC[C@]4(C)CCC[C@@H]34)[C@H]2CC1. The molecule has 4 aliphatic carbocycles. The van der Waals surface area contributed by atoms with E-state index in [1.165, 1.54) is 50.5 Å². The molecule has 0 aliphatic heterocycles. The van der Waals surface area contributed by atoms with Crippen LogP contribution in [-0.2, 0) is 0 Å². The van der Waals surface area contributed by atoms with E-state index >= 15 is 0 Å². The van der Waals surface area contributed by atoms with E-state index < -0.39 is 0 Å². The molecule has 0 spiro atoms. The summed E-state index contributed by atoms with van der Waals surface area (Å²) in [5.74, 6) is 3.66. The van der Waals surface area contributed by atoms with E-state index in [4.69, 9.17) is 0 Å². The number of fused-ring (bicyclic) bond motifs is 5. The minimum absolute atomic E-state index is 0.672. The molecular formula is C19H26. The Kier molecular flexibility index (Phi) is 2.59. The van der Waals surface area contributed by atoms with Gasteiger partial charge in [0.1, 0.15) is 0 Å². The Balaban J connectivity index is 1.70. The minimum Gasteiger partial charge on any atom is -0.0958 e. The largest absolute Gasteiger partial charge is 0.0958 e. The second-order valence-corrected chi connectivity index (χ2v) is 7.74. The number of allylic oxidation sites excluding steroid dienone is 5. The molecule has 0 heteroatoms. The van der Waals surface area contributed by atoms with Crippen LogP contribution in [0.3, 0.4) is 0 Å². The molecule has 102 valence electrons. The van der Waals surface area contributed by atoms with Gasteiger partial charge < -0.3 is 0 Å². The van der Waals surface area contributed by atoms with Gasteiger partial charge in [0.15, 0.2) is 0 Å². The monoisotopic (exact) mass is 254 g/mol. The fourth-order valence-electron chi connectivity index (χ4n) is 5.74. The highest BCUT2D eigenvalue weighted by atomic mass is 14.5. The average molecular weight is 254 g/mol. The lowest BCUT2D eigenvalue weighted by Gasteiger charge is -2.50. The van der Waals surface area contributed by atoms with Crippen molar-refractivity contribution in [2.24, 2.45) is 29.1 Å². The van der Waals surface area contributed by atoms with Crippen molar-refractivity contribution >= 4 is 0 Å². The lowest BCUT2D eigenvalue weighted by atomic mass is 9.54. The topological polar surface area (TPSA) is 0 Å². The van der Waals surface area contributed by atoms with Crippen LogP contribution in [0.1, 0.15) is 51.9 Å². The van der Waals surface area contributed by atoms with Crippen LogP contribution in [0.5, 0.6) is 0 Å². The van der Waals surface area contributed by atoms with Crippen molar-refractivity contribution < 1.29 is 0 Å². The normalized spacial score (nSPS) is 48.3. The van der Waals surface area contributed by atoms with Crippen LogP contribution < -0.4 is 0 Å². The maximum atomic E-state index is 4.16. The molecule has 4 aliphatic rings. The summed E-state index contributed by atoms with van der Waals surface area (Å²) in [7, 11) is 0. The van der Waals surface area contributed by atoms with Gasteiger partial charge in [-0.25, -0.2) is 0 Å². The van der Waals surface area contributed by atoms with Crippen molar-refractivity contribution in [2.45, 2.75) is 51.9 Å². The molecular weight excluding hydrogens is 228 g/mol. The van der Waals surface area contributed by atoms with Crippen LogP contribution in [0.2, 0.25) is 0 Å². The van der Waals surface area contributed by atoms with Gasteiger partial charge in [-0.3, -0.25) is 0 Å². The van der Waals surface area contributed by atoms with E-state index in [9.17, 15) is 0 Å². The van der Waals surface area contributed by atoms with Gasteiger partial charge in [-0.05, 0) is 73.2 Å². The first-order valence-corrected chi connectivity index (χ1v) is 8.25. The smallest absolute Gasteiger partial charge is 0.0125 e. The molecule has 4 rings (SSSR count). The van der Waals surface area contributed by atoms with Gasteiger partial charge in [-0.15, -0.1) is 0 Å². The predicted octanol–water partition coefficient (Wildman–Crippen LogP) is 5.28. The number of rotatable bonds is 0. The zero-order valence-electron chi connectivity index (χ0n) is 12.2. The molecule has 0 aromatic heterocycles. The molecule has 0 nitrogen and oxygen atoms in total. The lowest BCUT2D eigenvalue weighted by Crippen LogP contribution is -2.42. The van der Waals surface area contributed by atoms with Gasteiger partial charge in [0.05, 0.1) is 0 Å². The van der Waals surface area contributed by atoms with Crippen molar-refractivity contribution in [3.63, 3.8) is 0 Å². The molecule has 0 aromatic rings. The third-order valence-electron chi connectivity index (χ3n) is 6.77. The Morgan fingerprint density at radius 1 is 1.21 bits per heavy atom.